The fourth-order valence-electron chi connectivity index (χ4n) is 2.32. The second-order valence-corrected chi connectivity index (χ2v) is 4.95. The van der Waals surface area contributed by atoms with Crippen LogP contribution in [0.15, 0.2) is 4.99 Å². The van der Waals surface area contributed by atoms with Gasteiger partial charge in [0, 0.05) is 13.1 Å². The SMILES string of the molecule is NCC(=O)N[C@@H](CCN=C(N)N)C(=O)N1CCC[C@H]1C(=O)O. The van der Waals surface area contributed by atoms with Crippen LogP contribution in [0.25, 0.3) is 0 Å². The number of rotatable bonds is 7. The highest BCUT2D eigenvalue weighted by Gasteiger charge is 2.37. The van der Waals surface area contributed by atoms with E-state index in [-0.39, 0.29) is 25.5 Å². The number of nitrogens with zero attached hydrogens (tertiary/aromatic N) is 2. The molecule has 10 nitrogen and oxygen atoms in total. The summed E-state index contributed by atoms with van der Waals surface area (Å²) in [7, 11) is 0. The van der Waals surface area contributed by atoms with Gasteiger partial charge in [0.25, 0.3) is 0 Å². The molecule has 1 saturated heterocycles. The fourth-order valence-corrected chi connectivity index (χ4v) is 2.32. The summed E-state index contributed by atoms with van der Waals surface area (Å²) in [6, 6.07) is -1.77. The maximum absolute atomic E-state index is 12.5. The van der Waals surface area contributed by atoms with E-state index in [1.165, 1.54) is 4.90 Å². The van der Waals surface area contributed by atoms with Gasteiger partial charge in [0.15, 0.2) is 5.96 Å². The maximum Gasteiger partial charge on any atom is 0.326 e. The van der Waals surface area contributed by atoms with Crippen LogP contribution in [0.4, 0.5) is 0 Å². The number of likely N-dealkylation sites (tertiary alicyclic amines) is 1. The Hall–Kier alpha value is -2.36. The second kappa shape index (κ2) is 8.17. The molecule has 1 rings (SSSR count). The Labute approximate surface area is 127 Å². The molecule has 2 atom stereocenters. The van der Waals surface area contributed by atoms with E-state index in [0.717, 1.165) is 0 Å². The van der Waals surface area contributed by atoms with Crippen molar-refractivity contribution in [2.75, 3.05) is 19.6 Å². The lowest BCUT2D eigenvalue weighted by atomic mass is 10.1. The van der Waals surface area contributed by atoms with Gasteiger partial charge in [-0.05, 0) is 19.3 Å². The lowest BCUT2D eigenvalue weighted by Gasteiger charge is -2.27. The molecule has 10 heteroatoms. The monoisotopic (exact) mass is 314 g/mol. The average Bonchev–Trinajstić information content (AvgIpc) is 2.94. The summed E-state index contributed by atoms with van der Waals surface area (Å²) in [4.78, 5) is 40.1. The van der Waals surface area contributed by atoms with E-state index >= 15 is 0 Å². The van der Waals surface area contributed by atoms with Crippen LogP contribution in [0.1, 0.15) is 19.3 Å². The number of aliphatic imine (C=N–C) groups is 1. The van der Waals surface area contributed by atoms with Gasteiger partial charge in [0.05, 0.1) is 6.54 Å². The number of carboxylic acid groups (broad SMARTS) is 1. The number of hydrogen-bond acceptors (Lipinski definition) is 5. The number of nitrogens with two attached hydrogens (primary N) is 3. The Balaban J connectivity index is 2.79. The number of carbonyl (C=O) groups is 3. The van der Waals surface area contributed by atoms with E-state index in [1.807, 2.05) is 0 Å². The van der Waals surface area contributed by atoms with Crippen LogP contribution in [0.3, 0.4) is 0 Å². The van der Waals surface area contributed by atoms with Crippen LogP contribution in [-0.4, -0.2) is 65.5 Å². The molecule has 0 bridgehead atoms. The largest absolute Gasteiger partial charge is 0.480 e. The lowest BCUT2D eigenvalue weighted by molar-refractivity contribution is -0.149. The molecule has 0 saturated carbocycles. The van der Waals surface area contributed by atoms with Crippen molar-refractivity contribution in [1.82, 2.24) is 10.2 Å². The first-order valence-corrected chi connectivity index (χ1v) is 6.95. The highest BCUT2D eigenvalue weighted by molar-refractivity contribution is 5.91. The second-order valence-electron chi connectivity index (χ2n) is 4.95. The number of nitrogens with one attached hydrogen (secondary N) is 1. The third-order valence-corrected chi connectivity index (χ3v) is 3.35. The van der Waals surface area contributed by atoms with Gasteiger partial charge < -0.3 is 32.5 Å². The third-order valence-electron chi connectivity index (χ3n) is 3.35. The Kier molecular flexibility index (Phi) is 6.57. The smallest absolute Gasteiger partial charge is 0.326 e. The molecule has 2 amide bonds. The molecule has 0 radical (unpaired) electrons. The molecule has 1 aliphatic rings. The maximum atomic E-state index is 12.5. The van der Waals surface area contributed by atoms with Crippen LogP contribution in [0, 0.1) is 0 Å². The molecule has 1 fully saturated rings. The first-order valence-electron chi connectivity index (χ1n) is 6.95. The summed E-state index contributed by atoms with van der Waals surface area (Å²) in [6.45, 7) is 0.205. The number of carbonyl (C=O) groups excluding carboxylic acids is 2. The van der Waals surface area contributed by atoms with E-state index in [0.29, 0.717) is 19.4 Å². The topological polar surface area (TPSA) is 177 Å². The minimum absolute atomic E-state index is 0.124. The van der Waals surface area contributed by atoms with Crippen molar-refractivity contribution in [2.45, 2.75) is 31.3 Å². The molecule has 124 valence electrons. The molecule has 0 aromatic carbocycles. The van der Waals surface area contributed by atoms with Gasteiger partial charge >= 0.3 is 5.97 Å². The van der Waals surface area contributed by atoms with Crippen molar-refractivity contribution in [3.05, 3.63) is 0 Å². The van der Waals surface area contributed by atoms with Crippen molar-refractivity contribution in [2.24, 2.45) is 22.2 Å². The van der Waals surface area contributed by atoms with Crippen molar-refractivity contribution in [1.29, 1.82) is 0 Å². The normalized spacial score (nSPS) is 18.6. The molecule has 22 heavy (non-hydrogen) atoms. The van der Waals surface area contributed by atoms with Gasteiger partial charge in [-0.3, -0.25) is 14.6 Å². The summed E-state index contributed by atoms with van der Waals surface area (Å²) >= 11 is 0. The van der Waals surface area contributed by atoms with Gasteiger partial charge in [0.1, 0.15) is 12.1 Å². The highest BCUT2D eigenvalue weighted by Crippen LogP contribution is 2.19. The van der Waals surface area contributed by atoms with Crippen molar-refractivity contribution < 1.29 is 19.5 Å². The molecular weight excluding hydrogens is 292 g/mol. The molecule has 0 aliphatic carbocycles. The minimum atomic E-state index is -1.06. The summed E-state index contributed by atoms with van der Waals surface area (Å²) < 4.78 is 0. The molecule has 1 heterocycles. The van der Waals surface area contributed by atoms with Crippen LogP contribution in [0.5, 0.6) is 0 Å². The Morgan fingerprint density at radius 3 is 2.59 bits per heavy atom. The number of amides is 2. The molecule has 0 aromatic rings. The standard InChI is InChI=1S/C12H22N6O4/c13-6-9(19)17-7(3-4-16-12(14)15)10(20)18-5-1-2-8(18)11(21)22/h7-8H,1-6,13H2,(H,17,19)(H,21,22)(H4,14,15,16)/t7-,8-/m0/s1. The minimum Gasteiger partial charge on any atom is -0.480 e. The Bertz CT molecular complexity index is 463. The first-order chi connectivity index (χ1) is 10.4. The summed E-state index contributed by atoms with van der Waals surface area (Å²) in [6.07, 6.45) is 1.16. The molecule has 1 aliphatic heterocycles. The Morgan fingerprint density at radius 1 is 1.36 bits per heavy atom. The van der Waals surface area contributed by atoms with Gasteiger partial charge in [-0.15, -0.1) is 0 Å². The predicted octanol–water partition coefficient (Wildman–Crippen LogP) is -2.83. The van der Waals surface area contributed by atoms with E-state index in [2.05, 4.69) is 10.3 Å². The predicted molar refractivity (Wildman–Crippen MR) is 78.6 cm³/mol. The lowest BCUT2D eigenvalue weighted by Crippen LogP contribution is -2.52. The van der Waals surface area contributed by atoms with Crippen LogP contribution < -0.4 is 22.5 Å². The number of aliphatic carboxylic acids is 1. The molecule has 8 N–H and O–H groups in total. The van der Waals surface area contributed by atoms with Gasteiger partial charge in [-0.25, -0.2) is 4.79 Å². The van der Waals surface area contributed by atoms with E-state index in [1.54, 1.807) is 0 Å². The number of guanidine groups is 1. The van der Waals surface area contributed by atoms with Crippen molar-refractivity contribution >= 4 is 23.7 Å². The first kappa shape index (κ1) is 17.7. The summed E-state index contributed by atoms with van der Waals surface area (Å²) in [5.41, 5.74) is 15.7. The van der Waals surface area contributed by atoms with Crippen molar-refractivity contribution in [3.63, 3.8) is 0 Å². The molecule has 0 unspecified atom stereocenters. The average molecular weight is 314 g/mol. The van der Waals surface area contributed by atoms with E-state index < -0.39 is 29.9 Å². The highest BCUT2D eigenvalue weighted by atomic mass is 16.4. The van der Waals surface area contributed by atoms with Crippen LogP contribution in [-0.2, 0) is 14.4 Å². The molecule has 0 spiro atoms. The molecular formula is C12H22N6O4. The number of hydrogen-bond donors (Lipinski definition) is 5. The fraction of sp³-hybridized carbons (Fsp3) is 0.667. The van der Waals surface area contributed by atoms with Crippen LogP contribution >= 0.6 is 0 Å². The Morgan fingerprint density at radius 2 is 2.05 bits per heavy atom. The summed E-state index contributed by atoms with van der Waals surface area (Å²) in [5, 5.41) is 11.6. The van der Waals surface area contributed by atoms with Gasteiger partial charge in [-0.2, -0.15) is 0 Å². The zero-order valence-electron chi connectivity index (χ0n) is 12.2. The van der Waals surface area contributed by atoms with E-state index in [4.69, 9.17) is 22.3 Å². The number of carboxylic acids is 1. The summed E-state index contributed by atoms with van der Waals surface area (Å²) in [5.74, 6) is -2.15. The quantitative estimate of drug-likeness (QED) is 0.248. The van der Waals surface area contributed by atoms with Crippen molar-refractivity contribution in [3.8, 4) is 0 Å². The van der Waals surface area contributed by atoms with Gasteiger partial charge in [-0.1, -0.05) is 0 Å². The molecule has 0 aromatic heterocycles. The van der Waals surface area contributed by atoms with E-state index in [9.17, 15) is 14.4 Å². The third kappa shape index (κ3) is 4.88. The zero-order valence-corrected chi connectivity index (χ0v) is 12.2. The van der Waals surface area contributed by atoms with Gasteiger partial charge in [0.2, 0.25) is 11.8 Å². The zero-order chi connectivity index (χ0) is 16.7. The van der Waals surface area contributed by atoms with Crippen LogP contribution in [0.2, 0.25) is 0 Å².